The molecule has 7 heteroatoms. The van der Waals surface area contributed by atoms with Crippen molar-refractivity contribution in [3.8, 4) is 0 Å². The van der Waals surface area contributed by atoms with Crippen LogP contribution in [0.25, 0.3) is 0 Å². The van der Waals surface area contributed by atoms with Gasteiger partial charge in [-0.2, -0.15) is 4.89 Å². The summed E-state index contributed by atoms with van der Waals surface area (Å²) < 4.78 is 20.2. The van der Waals surface area contributed by atoms with Crippen LogP contribution < -0.4 is 0 Å². The Labute approximate surface area is 115 Å². The van der Waals surface area contributed by atoms with Crippen molar-refractivity contribution in [2.75, 3.05) is 20.3 Å². The summed E-state index contributed by atoms with van der Waals surface area (Å²) >= 11 is 0. The lowest BCUT2D eigenvalue weighted by molar-refractivity contribution is -0.135. The smallest absolute Gasteiger partial charge is 0.466 e. The summed E-state index contributed by atoms with van der Waals surface area (Å²) in [5.74, 6) is -0.225. The molecule has 0 bridgehead atoms. The molecule has 0 aliphatic carbocycles. The van der Waals surface area contributed by atoms with E-state index in [4.69, 9.17) is 13.6 Å². The molecule has 112 valence electrons. The first-order chi connectivity index (χ1) is 9.01. The zero-order valence-electron chi connectivity index (χ0n) is 12.0. The molecule has 0 radical (unpaired) electrons. The number of allylic oxidation sites excluding steroid dienone is 1. The Kier molecular flexibility index (Phi) is 9.79. The summed E-state index contributed by atoms with van der Waals surface area (Å²) in [6.07, 6.45) is 3.47. The molecule has 0 heterocycles. The van der Waals surface area contributed by atoms with Gasteiger partial charge in [0.05, 0.1) is 26.4 Å². The van der Waals surface area contributed by atoms with Crippen molar-refractivity contribution < 1.29 is 28.0 Å². The van der Waals surface area contributed by atoms with Crippen LogP contribution in [0.15, 0.2) is 11.8 Å². The summed E-state index contributed by atoms with van der Waals surface area (Å²) in [5.41, 5.74) is 0. The third-order valence-electron chi connectivity index (χ3n) is 2.07. The molecule has 19 heavy (non-hydrogen) atoms. The number of rotatable bonds is 10. The van der Waals surface area contributed by atoms with Crippen molar-refractivity contribution in [1.82, 2.24) is 0 Å². The van der Waals surface area contributed by atoms with Gasteiger partial charge in [0.25, 0.3) is 0 Å². The van der Waals surface area contributed by atoms with Crippen molar-refractivity contribution in [3.63, 3.8) is 0 Å². The third kappa shape index (κ3) is 8.16. The summed E-state index contributed by atoms with van der Waals surface area (Å²) in [4.78, 5) is 21.4. The van der Waals surface area contributed by atoms with Crippen LogP contribution in [0, 0.1) is 0 Å². The maximum Gasteiger partial charge on any atom is 0.618 e. The number of hydrogen-bond acceptors (Lipinski definition) is 6. The molecular weight excluding hydrogens is 271 g/mol. The van der Waals surface area contributed by atoms with E-state index in [0.717, 1.165) is 12.8 Å². The Hall–Kier alpha value is -0.680. The summed E-state index contributed by atoms with van der Waals surface area (Å²) in [5, 5.41) is 0. The predicted molar refractivity (Wildman–Crippen MR) is 73.1 cm³/mol. The van der Waals surface area contributed by atoms with E-state index in [1.807, 2.05) is 6.92 Å². The Morgan fingerprint density at radius 2 is 1.79 bits per heavy atom. The van der Waals surface area contributed by atoms with Crippen LogP contribution >= 0.6 is 8.17 Å². The zero-order chi connectivity index (χ0) is 14.7. The largest absolute Gasteiger partial charge is 0.618 e. The molecule has 0 fully saturated rings. The fourth-order valence-electron chi connectivity index (χ4n) is 1.25. The van der Waals surface area contributed by atoms with Crippen LogP contribution in [-0.4, -0.2) is 31.2 Å². The van der Waals surface area contributed by atoms with Crippen molar-refractivity contribution in [2.24, 2.45) is 0 Å². The minimum Gasteiger partial charge on any atom is -0.466 e. The first-order valence-electron chi connectivity index (χ1n) is 6.40. The van der Waals surface area contributed by atoms with Gasteiger partial charge >= 0.3 is 14.1 Å². The van der Waals surface area contributed by atoms with Crippen molar-refractivity contribution in [3.05, 3.63) is 11.8 Å². The summed E-state index contributed by atoms with van der Waals surface area (Å²) in [6, 6.07) is 0. The Balaban J connectivity index is 4.83. The van der Waals surface area contributed by atoms with Gasteiger partial charge in [-0.25, -0.2) is 4.79 Å². The second kappa shape index (κ2) is 10.1. The second-order valence-corrected chi connectivity index (χ2v) is 5.27. The molecule has 0 saturated heterocycles. The standard InChI is InChI=1S/C12H24O6P/c1-5-8-9-11(10-12(13)15-4)18-19(14,16-6-2)17-7-3/h10,14H,5-9H2,1-4H3/q+1/b11-10-. The summed E-state index contributed by atoms with van der Waals surface area (Å²) in [7, 11) is -2.13. The normalized spacial score (nSPS) is 12.4. The molecule has 0 spiro atoms. The van der Waals surface area contributed by atoms with Gasteiger partial charge in [-0.15, -0.1) is 9.05 Å². The van der Waals surface area contributed by atoms with E-state index in [0.29, 0.717) is 12.2 Å². The van der Waals surface area contributed by atoms with Crippen LogP contribution in [0.2, 0.25) is 0 Å². The highest BCUT2D eigenvalue weighted by molar-refractivity contribution is 7.55. The van der Waals surface area contributed by atoms with Crippen LogP contribution in [-0.2, 0) is 23.1 Å². The van der Waals surface area contributed by atoms with Gasteiger partial charge in [-0.1, -0.05) is 13.3 Å². The molecule has 0 amide bonds. The van der Waals surface area contributed by atoms with E-state index in [1.165, 1.54) is 13.2 Å². The van der Waals surface area contributed by atoms with Gasteiger partial charge in [0.15, 0.2) is 5.76 Å². The molecule has 0 aromatic rings. The van der Waals surface area contributed by atoms with Gasteiger partial charge in [0.2, 0.25) is 0 Å². The lowest BCUT2D eigenvalue weighted by atomic mass is 10.2. The molecule has 0 unspecified atom stereocenters. The molecule has 0 rings (SSSR count). The fourth-order valence-corrected chi connectivity index (χ4v) is 2.52. The minimum absolute atomic E-state index is 0.254. The van der Waals surface area contributed by atoms with E-state index < -0.39 is 14.1 Å². The number of hydrogen-bond donors (Lipinski definition) is 1. The van der Waals surface area contributed by atoms with Crippen molar-refractivity contribution in [1.29, 1.82) is 0 Å². The number of carbonyl (C=O) groups is 1. The number of carbonyl (C=O) groups excluding carboxylic acids is 1. The number of methoxy groups -OCH3 is 1. The molecule has 0 aliphatic rings. The second-order valence-electron chi connectivity index (χ2n) is 3.63. The van der Waals surface area contributed by atoms with Gasteiger partial charge < -0.3 is 4.74 Å². The summed E-state index contributed by atoms with van der Waals surface area (Å²) in [6.45, 7) is 5.97. The molecule has 1 N–H and O–H groups in total. The monoisotopic (exact) mass is 295 g/mol. The van der Waals surface area contributed by atoms with Crippen molar-refractivity contribution >= 4 is 14.1 Å². The van der Waals surface area contributed by atoms with Crippen LogP contribution in [0.4, 0.5) is 0 Å². The first kappa shape index (κ1) is 18.3. The highest BCUT2D eigenvalue weighted by Gasteiger charge is 2.46. The molecule has 0 aromatic heterocycles. The number of esters is 1. The molecular formula is C12H24O6P+. The Bertz CT molecular complexity index is 286. The average molecular weight is 295 g/mol. The highest BCUT2D eigenvalue weighted by atomic mass is 31.2. The Morgan fingerprint density at radius 3 is 2.21 bits per heavy atom. The van der Waals surface area contributed by atoms with Crippen molar-refractivity contribution in [2.45, 2.75) is 40.0 Å². The van der Waals surface area contributed by atoms with Gasteiger partial charge in [0, 0.05) is 6.42 Å². The zero-order valence-corrected chi connectivity index (χ0v) is 12.9. The third-order valence-corrected chi connectivity index (χ3v) is 3.71. The number of ether oxygens (including phenoxy) is 1. The first-order valence-corrected chi connectivity index (χ1v) is 7.89. The Morgan fingerprint density at radius 1 is 1.21 bits per heavy atom. The van der Waals surface area contributed by atoms with E-state index >= 15 is 0 Å². The lowest BCUT2D eigenvalue weighted by Crippen LogP contribution is -2.08. The highest BCUT2D eigenvalue weighted by Crippen LogP contribution is 2.59. The van der Waals surface area contributed by atoms with Crippen LogP contribution in [0.5, 0.6) is 0 Å². The van der Waals surface area contributed by atoms with Crippen LogP contribution in [0.1, 0.15) is 40.0 Å². The topological polar surface area (TPSA) is 74.2 Å². The lowest BCUT2D eigenvalue weighted by Gasteiger charge is -2.15. The van der Waals surface area contributed by atoms with E-state index in [-0.39, 0.29) is 13.2 Å². The van der Waals surface area contributed by atoms with E-state index in [9.17, 15) is 9.69 Å². The fraction of sp³-hybridized carbons (Fsp3) is 0.750. The molecule has 0 aromatic carbocycles. The van der Waals surface area contributed by atoms with Gasteiger partial charge in [-0.05, 0) is 20.3 Å². The molecule has 0 aliphatic heterocycles. The van der Waals surface area contributed by atoms with E-state index in [2.05, 4.69) is 4.74 Å². The quantitative estimate of drug-likeness (QED) is 0.289. The average Bonchev–Trinajstić information content (AvgIpc) is 2.36. The SMILES string of the molecule is CCCC/C(=C/C(=O)OC)O[P+](O)(OCC)OCC. The van der Waals surface area contributed by atoms with Crippen LogP contribution in [0.3, 0.4) is 0 Å². The maximum absolute atomic E-state index is 11.3. The van der Waals surface area contributed by atoms with Gasteiger partial charge in [-0.3, -0.25) is 4.52 Å². The number of unbranched alkanes of at least 4 members (excludes halogenated alkanes) is 1. The van der Waals surface area contributed by atoms with E-state index in [1.54, 1.807) is 13.8 Å². The molecule has 0 saturated carbocycles. The maximum atomic E-state index is 11.3. The molecule has 0 atom stereocenters. The van der Waals surface area contributed by atoms with Gasteiger partial charge in [0.1, 0.15) is 0 Å². The minimum atomic E-state index is -3.41. The molecule has 6 nitrogen and oxygen atoms in total. The predicted octanol–water partition coefficient (Wildman–Crippen LogP) is 2.99.